The molecule has 0 saturated carbocycles. The van der Waals surface area contributed by atoms with Gasteiger partial charge in [0.1, 0.15) is 5.75 Å². The first-order valence-electron chi connectivity index (χ1n) is 11.1. The second-order valence-electron chi connectivity index (χ2n) is 8.26. The Morgan fingerprint density at radius 3 is 2.53 bits per heavy atom. The zero-order valence-corrected chi connectivity index (χ0v) is 21.0. The van der Waals surface area contributed by atoms with Crippen LogP contribution in [0.3, 0.4) is 0 Å². The predicted molar refractivity (Wildman–Crippen MR) is 136 cm³/mol. The largest absolute Gasteiger partial charge is 0.497 e. The number of carbonyl (C=O) groups excluding carboxylic acids is 2. The van der Waals surface area contributed by atoms with Crippen molar-refractivity contribution >= 4 is 38.5 Å². The average Bonchev–Trinajstić information content (AvgIpc) is 3.31. The van der Waals surface area contributed by atoms with Gasteiger partial charge in [-0.3, -0.25) is 14.6 Å². The van der Waals surface area contributed by atoms with E-state index in [9.17, 15) is 9.59 Å². The number of aromatic nitrogens is 2. The third kappa shape index (κ3) is 3.99. The van der Waals surface area contributed by atoms with Gasteiger partial charge in [0.15, 0.2) is 16.6 Å². The van der Waals surface area contributed by atoms with Crippen LogP contribution < -0.4 is 19.5 Å². The molecule has 9 nitrogen and oxygen atoms in total. The molecular weight excluding hydrogens is 480 g/mol. The van der Waals surface area contributed by atoms with Crippen LogP contribution in [0.15, 0.2) is 54.9 Å². The molecule has 2 atom stereocenters. The molecule has 5 rings (SSSR count). The molecule has 1 N–H and O–H groups in total. The Morgan fingerprint density at radius 1 is 1.06 bits per heavy atom. The van der Waals surface area contributed by atoms with Crippen LogP contribution in [-0.4, -0.2) is 55.1 Å². The highest BCUT2D eigenvalue weighted by molar-refractivity contribution is 7.22. The molecule has 0 unspecified atom stereocenters. The van der Waals surface area contributed by atoms with Crippen molar-refractivity contribution in [2.45, 2.75) is 12.0 Å². The summed E-state index contributed by atoms with van der Waals surface area (Å²) >= 11 is 1.35. The highest BCUT2D eigenvalue weighted by Crippen LogP contribution is 2.46. The maximum atomic E-state index is 13.9. The average molecular weight is 505 g/mol. The number of hydrogen-bond acceptors (Lipinski definition) is 8. The lowest BCUT2D eigenvalue weighted by Gasteiger charge is -2.39. The molecule has 0 saturated heterocycles. The molecule has 2 aromatic heterocycles. The zero-order valence-electron chi connectivity index (χ0n) is 20.1. The van der Waals surface area contributed by atoms with Gasteiger partial charge in [0.05, 0.1) is 43.5 Å². The molecule has 4 aromatic rings. The number of carbonyl (C=O) groups is 2. The van der Waals surface area contributed by atoms with E-state index in [2.05, 4.69) is 15.3 Å². The molecule has 0 radical (unpaired) electrons. The second kappa shape index (κ2) is 9.46. The third-order valence-corrected chi connectivity index (χ3v) is 7.24. The van der Waals surface area contributed by atoms with Crippen molar-refractivity contribution in [3.05, 3.63) is 71.5 Å². The van der Waals surface area contributed by atoms with E-state index < -0.39 is 12.0 Å². The molecule has 2 amide bonds. The van der Waals surface area contributed by atoms with Gasteiger partial charge in [-0.25, -0.2) is 4.98 Å². The van der Waals surface area contributed by atoms with Gasteiger partial charge in [-0.1, -0.05) is 17.4 Å². The number of nitrogens with one attached hydrogen (secondary N) is 1. The van der Waals surface area contributed by atoms with Crippen LogP contribution in [0.25, 0.3) is 10.2 Å². The molecule has 0 bridgehead atoms. The van der Waals surface area contributed by atoms with Crippen LogP contribution in [0.5, 0.6) is 17.2 Å². The topological polar surface area (TPSA) is 103 Å². The molecule has 10 heteroatoms. The number of methoxy groups -OCH3 is 3. The first-order valence-corrected chi connectivity index (χ1v) is 11.9. The van der Waals surface area contributed by atoms with Crippen molar-refractivity contribution in [1.82, 2.24) is 14.9 Å². The quantitative estimate of drug-likeness (QED) is 0.418. The number of benzene rings is 2. The van der Waals surface area contributed by atoms with Crippen molar-refractivity contribution in [1.29, 1.82) is 0 Å². The molecule has 36 heavy (non-hydrogen) atoms. The van der Waals surface area contributed by atoms with E-state index in [4.69, 9.17) is 14.2 Å². The standard InChI is InChI=1S/C26H24N4O5S/c1-30-23(14-6-5-9-27-13-14)22(16-11-19(34-3)20(35-4)12-17(16)25(30)32)24(31)29-26-28-18-8-7-15(33-2)10-21(18)36-26/h5-13,22-23H,1-4H3,(H,28,29,31)/t22-,23-/m0/s1. The highest BCUT2D eigenvalue weighted by Gasteiger charge is 2.44. The van der Waals surface area contributed by atoms with Crippen LogP contribution in [0, 0.1) is 0 Å². The van der Waals surface area contributed by atoms with E-state index in [1.54, 1.807) is 49.7 Å². The Bertz CT molecular complexity index is 1460. The Balaban J connectivity index is 1.61. The summed E-state index contributed by atoms with van der Waals surface area (Å²) in [5.74, 6) is 0.274. The van der Waals surface area contributed by atoms with Gasteiger partial charge in [0.25, 0.3) is 5.91 Å². The summed E-state index contributed by atoms with van der Waals surface area (Å²) in [6.45, 7) is 0. The van der Waals surface area contributed by atoms with E-state index in [1.807, 2.05) is 24.3 Å². The first-order chi connectivity index (χ1) is 17.4. The van der Waals surface area contributed by atoms with Crippen LogP contribution >= 0.6 is 11.3 Å². The van der Waals surface area contributed by atoms with Crippen molar-refractivity contribution in [3.63, 3.8) is 0 Å². The van der Waals surface area contributed by atoms with Crippen molar-refractivity contribution < 1.29 is 23.8 Å². The van der Waals surface area contributed by atoms with E-state index in [0.717, 1.165) is 15.8 Å². The van der Waals surface area contributed by atoms with Crippen LogP contribution in [-0.2, 0) is 4.79 Å². The van der Waals surface area contributed by atoms with E-state index in [-0.39, 0.29) is 11.8 Å². The fourth-order valence-corrected chi connectivity index (χ4v) is 5.46. The third-order valence-electron chi connectivity index (χ3n) is 6.31. The lowest BCUT2D eigenvalue weighted by atomic mass is 9.79. The minimum atomic E-state index is -0.756. The number of ether oxygens (including phenoxy) is 3. The SMILES string of the molecule is COc1ccc2nc(NC(=O)[C@H]3c4cc(OC)c(OC)cc4C(=O)N(C)[C@H]3c3cccnc3)sc2c1. The molecule has 1 aliphatic rings. The van der Waals surface area contributed by atoms with Crippen LogP contribution in [0.2, 0.25) is 0 Å². The van der Waals surface area contributed by atoms with Gasteiger partial charge in [0.2, 0.25) is 5.91 Å². The molecule has 2 aromatic carbocycles. The molecule has 0 spiro atoms. The molecule has 3 heterocycles. The smallest absolute Gasteiger partial charge is 0.254 e. The summed E-state index contributed by atoms with van der Waals surface area (Å²) in [4.78, 5) is 37.7. The van der Waals surface area contributed by atoms with Gasteiger partial charge in [0, 0.05) is 25.0 Å². The first kappa shape index (κ1) is 23.6. The van der Waals surface area contributed by atoms with Crippen LogP contribution in [0.4, 0.5) is 5.13 Å². The van der Waals surface area contributed by atoms with Gasteiger partial charge >= 0.3 is 0 Å². The van der Waals surface area contributed by atoms with Crippen molar-refractivity contribution in [2.24, 2.45) is 0 Å². The van der Waals surface area contributed by atoms with Gasteiger partial charge < -0.3 is 24.4 Å². The summed E-state index contributed by atoms with van der Waals surface area (Å²) in [7, 11) is 6.31. The fraction of sp³-hybridized carbons (Fsp3) is 0.231. The minimum Gasteiger partial charge on any atom is -0.497 e. The number of fused-ring (bicyclic) bond motifs is 2. The van der Waals surface area contributed by atoms with E-state index in [1.165, 1.54) is 25.6 Å². The highest BCUT2D eigenvalue weighted by atomic mass is 32.1. The van der Waals surface area contributed by atoms with Crippen molar-refractivity contribution in [3.8, 4) is 17.2 Å². The zero-order chi connectivity index (χ0) is 25.4. The molecule has 0 aliphatic carbocycles. The molecule has 184 valence electrons. The number of anilines is 1. The second-order valence-corrected chi connectivity index (χ2v) is 9.29. The van der Waals surface area contributed by atoms with Gasteiger partial charge in [-0.05, 0) is 47.5 Å². The predicted octanol–water partition coefficient (Wildman–Crippen LogP) is 4.27. The summed E-state index contributed by atoms with van der Waals surface area (Å²) in [6, 6.07) is 11.9. The van der Waals surface area contributed by atoms with Crippen LogP contribution in [0.1, 0.15) is 33.4 Å². The summed E-state index contributed by atoms with van der Waals surface area (Å²) < 4.78 is 17.1. The van der Waals surface area contributed by atoms with E-state index in [0.29, 0.717) is 33.5 Å². The Labute approximate surface area is 211 Å². The maximum absolute atomic E-state index is 13.9. The van der Waals surface area contributed by atoms with E-state index >= 15 is 0 Å². The summed E-state index contributed by atoms with van der Waals surface area (Å²) in [5, 5.41) is 3.43. The number of pyridine rings is 1. The monoisotopic (exact) mass is 504 g/mol. The Hall–Kier alpha value is -4.18. The Kier molecular flexibility index (Phi) is 6.19. The molecule has 1 aliphatic heterocycles. The van der Waals surface area contributed by atoms with Gasteiger partial charge in [-0.15, -0.1) is 0 Å². The number of likely N-dealkylation sites (N-methyl/N-ethyl adjacent to an activating group) is 1. The molecule has 0 fully saturated rings. The van der Waals surface area contributed by atoms with Crippen molar-refractivity contribution in [2.75, 3.05) is 33.7 Å². The minimum absolute atomic E-state index is 0.226. The Morgan fingerprint density at radius 2 is 1.83 bits per heavy atom. The lowest BCUT2D eigenvalue weighted by molar-refractivity contribution is -0.119. The fourth-order valence-electron chi connectivity index (χ4n) is 4.57. The number of nitrogens with zero attached hydrogens (tertiary/aromatic N) is 3. The number of rotatable bonds is 6. The number of hydrogen-bond donors (Lipinski definition) is 1. The number of amides is 2. The summed E-state index contributed by atoms with van der Waals surface area (Å²) in [6.07, 6.45) is 3.32. The lowest BCUT2D eigenvalue weighted by Crippen LogP contribution is -2.44. The summed E-state index contributed by atoms with van der Waals surface area (Å²) in [5.41, 5.74) is 2.42. The van der Waals surface area contributed by atoms with Gasteiger partial charge in [-0.2, -0.15) is 0 Å². The number of thiazole rings is 1. The molecular formula is C26H24N4O5S. The maximum Gasteiger partial charge on any atom is 0.254 e. The normalized spacial score (nSPS) is 17.0.